The molecule has 1 aromatic carbocycles. The van der Waals surface area contributed by atoms with Crippen LogP contribution in [0.25, 0.3) is 11.0 Å². The van der Waals surface area contributed by atoms with Gasteiger partial charge in [0, 0.05) is 19.4 Å². The molecule has 1 unspecified atom stereocenters. The summed E-state index contributed by atoms with van der Waals surface area (Å²) in [7, 11) is 2.06. The topological polar surface area (TPSA) is 49.7 Å². The van der Waals surface area contributed by atoms with E-state index >= 15 is 0 Å². The van der Waals surface area contributed by atoms with E-state index in [-0.39, 0.29) is 0 Å². The first-order valence-electron chi connectivity index (χ1n) is 7.96. The van der Waals surface area contributed by atoms with Gasteiger partial charge in [-0.05, 0) is 31.5 Å². The van der Waals surface area contributed by atoms with Crippen LogP contribution in [0.5, 0.6) is 0 Å². The van der Waals surface area contributed by atoms with E-state index in [1.807, 2.05) is 18.5 Å². The number of para-hydroxylation sites is 2. The summed E-state index contributed by atoms with van der Waals surface area (Å²) in [6.07, 6.45) is 7.55. The van der Waals surface area contributed by atoms with Crippen molar-refractivity contribution in [1.29, 1.82) is 0 Å². The van der Waals surface area contributed by atoms with E-state index in [1.165, 1.54) is 12.8 Å². The van der Waals surface area contributed by atoms with Gasteiger partial charge in [-0.15, -0.1) is 0 Å². The average Bonchev–Trinajstić information content (AvgIpc) is 3.14. The van der Waals surface area contributed by atoms with Crippen molar-refractivity contribution >= 4 is 11.0 Å². The Morgan fingerprint density at radius 1 is 1.27 bits per heavy atom. The number of H-pyrrole nitrogens is 1. The van der Waals surface area contributed by atoms with Crippen LogP contribution in [0.2, 0.25) is 0 Å². The molecule has 0 radical (unpaired) electrons. The Bertz CT molecular complexity index is 739. The maximum absolute atomic E-state index is 4.81. The van der Waals surface area contributed by atoms with E-state index in [0.717, 1.165) is 42.2 Å². The predicted octanol–water partition coefficient (Wildman–Crippen LogP) is 3.02. The molecule has 3 heterocycles. The molecular weight excluding hydrogens is 274 g/mol. The number of imidazole rings is 2. The van der Waals surface area contributed by atoms with E-state index < -0.39 is 0 Å². The van der Waals surface area contributed by atoms with Gasteiger partial charge in [-0.25, -0.2) is 9.97 Å². The van der Waals surface area contributed by atoms with Gasteiger partial charge >= 0.3 is 0 Å². The zero-order valence-corrected chi connectivity index (χ0v) is 12.9. The van der Waals surface area contributed by atoms with Crippen LogP contribution in [0.15, 0.2) is 36.7 Å². The molecule has 0 amide bonds. The first kappa shape index (κ1) is 13.5. The van der Waals surface area contributed by atoms with Gasteiger partial charge in [0.1, 0.15) is 11.6 Å². The van der Waals surface area contributed by atoms with Crippen molar-refractivity contribution in [2.45, 2.75) is 31.8 Å². The second-order valence-corrected chi connectivity index (χ2v) is 6.08. The minimum atomic E-state index is 0.359. The Kier molecular flexibility index (Phi) is 3.42. The molecule has 1 aliphatic heterocycles. The Morgan fingerprint density at radius 3 is 3.00 bits per heavy atom. The van der Waals surface area contributed by atoms with Crippen molar-refractivity contribution in [3.8, 4) is 0 Å². The summed E-state index contributed by atoms with van der Waals surface area (Å²) in [4.78, 5) is 15.3. The molecule has 1 fully saturated rings. The predicted molar refractivity (Wildman–Crippen MR) is 86.3 cm³/mol. The summed E-state index contributed by atoms with van der Waals surface area (Å²) in [6, 6.07) is 8.62. The second kappa shape index (κ2) is 5.57. The van der Waals surface area contributed by atoms with Crippen LogP contribution in [0.3, 0.4) is 0 Å². The normalized spacial score (nSPS) is 19.8. The highest BCUT2D eigenvalue weighted by molar-refractivity contribution is 5.74. The van der Waals surface area contributed by atoms with Crippen molar-refractivity contribution in [3.63, 3.8) is 0 Å². The summed E-state index contributed by atoms with van der Waals surface area (Å²) in [5, 5.41) is 0. The molecule has 2 aromatic heterocycles. The number of hydrogen-bond acceptors (Lipinski definition) is 3. The Balaban J connectivity index is 1.63. The van der Waals surface area contributed by atoms with E-state index in [1.54, 1.807) is 0 Å². The van der Waals surface area contributed by atoms with Gasteiger partial charge < -0.3 is 9.55 Å². The Labute approximate surface area is 130 Å². The maximum Gasteiger partial charge on any atom is 0.124 e. The number of piperidine rings is 1. The SMILES string of the molecule is Cn1ccnc1CN1CCCCC1c1nc2ccccc2[nH]1. The molecule has 1 atom stereocenters. The molecule has 0 aliphatic carbocycles. The van der Waals surface area contributed by atoms with Gasteiger partial charge in [-0.3, -0.25) is 4.90 Å². The fourth-order valence-corrected chi connectivity index (χ4v) is 3.35. The van der Waals surface area contributed by atoms with Crippen LogP contribution in [0, 0.1) is 0 Å². The molecule has 1 saturated heterocycles. The minimum Gasteiger partial charge on any atom is -0.341 e. The number of aryl methyl sites for hydroxylation is 1. The third kappa shape index (κ3) is 2.41. The van der Waals surface area contributed by atoms with Gasteiger partial charge in [-0.1, -0.05) is 18.6 Å². The molecule has 0 saturated carbocycles. The Hall–Kier alpha value is -2.14. The highest BCUT2D eigenvalue weighted by atomic mass is 15.2. The van der Waals surface area contributed by atoms with E-state index in [2.05, 4.69) is 44.7 Å². The van der Waals surface area contributed by atoms with Gasteiger partial charge in [0.05, 0.1) is 23.6 Å². The molecule has 1 N–H and O–H groups in total. The summed E-state index contributed by atoms with van der Waals surface area (Å²) in [5.74, 6) is 2.21. The molecular formula is C17H21N5. The van der Waals surface area contributed by atoms with Gasteiger partial charge in [0.15, 0.2) is 0 Å². The van der Waals surface area contributed by atoms with Gasteiger partial charge in [-0.2, -0.15) is 0 Å². The highest BCUT2D eigenvalue weighted by Gasteiger charge is 2.27. The number of rotatable bonds is 3. The van der Waals surface area contributed by atoms with Crippen LogP contribution in [-0.4, -0.2) is 31.0 Å². The largest absolute Gasteiger partial charge is 0.341 e. The average molecular weight is 295 g/mol. The molecule has 3 aromatic rings. The molecule has 5 nitrogen and oxygen atoms in total. The number of fused-ring (bicyclic) bond motifs is 1. The van der Waals surface area contributed by atoms with Crippen molar-refractivity contribution in [2.75, 3.05) is 6.54 Å². The van der Waals surface area contributed by atoms with Crippen LogP contribution >= 0.6 is 0 Å². The summed E-state index contributed by atoms with van der Waals surface area (Å²) < 4.78 is 2.10. The lowest BCUT2D eigenvalue weighted by molar-refractivity contribution is 0.130. The van der Waals surface area contributed by atoms with Gasteiger partial charge in [0.25, 0.3) is 0 Å². The summed E-state index contributed by atoms with van der Waals surface area (Å²) in [5.41, 5.74) is 2.18. The summed E-state index contributed by atoms with van der Waals surface area (Å²) in [6.45, 7) is 1.99. The number of likely N-dealkylation sites (tertiary alicyclic amines) is 1. The van der Waals surface area contributed by atoms with Crippen molar-refractivity contribution in [1.82, 2.24) is 24.4 Å². The van der Waals surface area contributed by atoms with Crippen LogP contribution in [-0.2, 0) is 13.6 Å². The van der Waals surface area contributed by atoms with Crippen LogP contribution in [0.1, 0.15) is 37.0 Å². The standard InChI is InChI=1S/C17H21N5/c1-21-11-9-18-16(21)12-22-10-5-4-8-15(22)17-19-13-6-2-3-7-14(13)20-17/h2-3,6-7,9,11,15H,4-5,8,10,12H2,1H3,(H,19,20). The molecule has 22 heavy (non-hydrogen) atoms. The third-order valence-electron chi connectivity index (χ3n) is 4.60. The zero-order chi connectivity index (χ0) is 14.9. The lowest BCUT2D eigenvalue weighted by Gasteiger charge is -2.34. The first-order chi connectivity index (χ1) is 10.8. The minimum absolute atomic E-state index is 0.359. The fraction of sp³-hybridized carbons (Fsp3) is 0.412. The second-order valence-electron chi connectivity index (χ2n) is 6.08. The third-order valence-corrected chi connectivity index (χ3v) is 4.60. The van der Waals surface area contributed by atoms with E-state index in [9.17, 15) is 0 Å². The first-order valence-corrected chi connectivity index (χ1v) is 7.96. The number of nitrogens with one attached hydrogen (secondary N) is 1. The van der Waals surface area contributed by atoms with Crippen LogP contribution in [0.4, 0.5) is 0 Å². The molecule has 0 spiro atoms. The highest BCUT2D eigenvalue weighted by Crippen LogP contribution is 2.31. The molecule has 114 valence electrons. The molecule has 4 rings (SSSR count). The quantitative estimate of drug-likeness (QED) is 0.808. The Morgan fingerprint density at radius 2 is 2.18 bits per heavy atom. The molecule has 5 heteroatoms. The zero-order valence-electron chi connectivity index (χ0n) is 12.9. The van der Waals surface area contributed by atoms with E-state index in [0.29, 0.717) is 6.04 Å². The smallest absolute Gasteiger partial charge is 0.124 e. The van der Waals surface area contributed by atoms with Crippen LogP contribution < -0.4 is 0 Å². The molecule has 1 aliphatic rings. The fourth-order valence-electron chi connectivity index (χ4n) is 3.35. The molecule has 0 bridgehead atoms. The number of hydrogen-bond donors (Lipinski definition) is 1. The van der Waals surface area contributed by atoms with Crippen molar-refractivity contribution in [2.24, 2.45) is 7.05 Å². The monoisotopic (exact) mass is 295 g/mol. The van der Waals surface area contributed by atoms with Gasteiger partial charge in [0.2, 0.25) is 0 Å². The maximum atomic E-state index is 4.81. The number of nitrogens with zero attached hydrogens (tertiary/aromatic N) is 4. The number of benzene rings is 1. The van der Waals surface area contributed by atoms with E-state index in [4.69, 9.17) is 4.98 Å². The van der Waals surface area contributed by atoms with Crippen molar-refractivity contribution in [3.05, 3.63) is 48.3 Å². The summed E-state index contributed by atoms with van der Waals surface area (Å²) >= 11 is 0. The number of aromatic nitrogens is 4. The number of aromatic amines is 1. The lowest BCUT2D eigenvalue weighted by atomic mass is 10.0. The van der Waals surface area contributed by atoms with Crippen molar-refractivity contribution < 1.29 is 0 Å². The lowest BCUT2D eigenvalue weighted by Crippen LogP contribution is -2.34.